The van der Waals surface area contributed by atoms with Crippen LogP contribution < -0.4 is 10.6 Å². The van der Waals surface area contributed by atoms with Crippen LogP contribution in [0.25, 0.3) is 0 Å². The minimum Gasteiger partial charge on any atom is -0.349 e. The number of likely N-dealkylation sites (N-methyl/N-ethyl adjacent to an activating group) is 1. The van der Waals surface area contributed by atoms with Crippen LogP contribution in [0.15, 0.2) is 36.9 Å². The van der Waals surface area contributed by atoms with Gasteiger partial charge in [0.2, 0.25) is 5.91 Å². The molecule has 0 bridgehead atoms. The van der Waals surface area contributed by atoms with Crippen LogP contribution in [0.1, 0.15) is 42.5 Å². The molecule has 154 valence electrons. The van der Waals surface area contributed by atoms with E-state index in [1.807, 2.05) is 0 Å². The van der Waals surface area contributed by atoms with Crippen molar-refractivity contribution in [2.45, 2.75) is 37.6 Å². The number of carbonyl (C=O) groups is 4. The monoisotopic (exact) mass is 398 g/mol. The summed E-state index contributed by atoms with van der Waals surface area (Å²) in [6, 6.07) is 6.11. The van der Waals surface area contributed by atoms with Crippen molar-refractivity contribution in [2.75, 3.05) is 25.5 Å². The highest BCUT2D eigenvalue weighted by atomic mass is 16.2. The molecule has 29 heavy (non-hydrogen) atoms. The van der Waals surface area contributed by atoms with Gasteiger partial charge in [0.15, 0.2) is 0 Å². The highest BCUT2D eigenvalue weighted by Crippen LogP contribution is 2.39. The van der Waals surface area contributed by atoms with Crippen molar-refractivity contribution >= 4 is 29.4 Å². The lowest BCUT2D eigenvalue weighted by atomic mass is 9.81. The zero-order valence-corrected chi connectivity index (χ0v) is 16.6. The minimum atomic E-state index is -0.821. The number of rotatable bonds is 6. The van der Waals surface area contributed by atoms with Crippen molar-refractivity contribution in [1.29, 1.82) is 0 Å². The molecule has 2 fully saturated rings. The first-order valence-electron chi connectivity index (χ1n) is 9.78. The lowest BCUT2D eigenvalue weighted by molar-refractivity contribution is -0.136. The van der Waals surface area contributed by atoms with Gasteiger partial charge < -0.3 is 15.5 Å². The van der Waals surface area contributed by atoms with E-state index in [1.54, 1.807) is 37.4 Å². The second kappa shape index (κ2) is 8.46. The summed E-state index contributed by atoms with van der Waals surface area (Å²) in [7, 11) is 1.63. The average Bonchev–Trinajstić information content (AvgIpc) is 2.89. The van der Waals surface area contributed by atoms with Crippen molar-refractivity contribution in [3.63, 3.8) is 0 Å². The van der Waals surface area contributed by atoms with Crippen LogP contribution in [0.2, 0.25) is 0 Å². The summed E-state index contributed by atoms with van der Waals surface area (Å²) >= 11 is 0. The number of benzene rings is 1. The summed E-state index contributed by atoms with van der Waals surface area (Å²) in [5.41, 5.74) is -0.209. The molecule has 8 heteroatoms. The van der Waals surface area contributed by atoms with E-state index in [4.69, 9.17) is 0 Å². The largest absolute Gasteiger partial charge is 0.349 e. The molecule has 3 rings (SSSR count). The number of urea groups is 1. The highest BCUT2D eigenvalue weighted by molar-refractivity contribution is 6.11. The summed E-state index contributed by atoms with van der Waals surface area (Å²) in [5.74, 6) is -1.19. The Bertz CT molecular complexity index is 845. The third-order valence-corrected chi connectivity index (χ3v) is 5.64. The Kier molecular flexibility index (Phi) is 6.00. The summed E-state index contributed by atoms with van der Waals surface area (Å²) in [4.78, 5) is 53.0. The van der Waals surface area contributed by atoms with Crippen LogP contribution in [-0.2, 0) is 9.59 Å². The topological polar surface area (TPSA) is 98.8 Å². The maximum atomic E-state index is 13.0. The molecule has 1 aliphatic heterocycles. The van der Waals surface area contributed by atoms with E-state index in [1.165, 1.54) is 4.90 Å². The Morgan fingerprint density at radius 1 is 1.17 bits per heavy atom. The Labute approximate surface area is 169 Å². The van der Waals surface area contributed by atoms with Gasteiger partial charge in [-0.1, -0.05) is 37.5 Å². The number of hydrogen-bond donors (Lipinski definition) is 2. The molecule has 0 aromatic heterocycles. The van der Waals surface area contributed by atoms with Gasteiger partial charge in [0.25, 0.3) is 11.8 Å². The van der Waals surface area contributed by atoms with E-state index in [2.05, 4.69) is 17.2 Å². The van der Waals surface area contributed by atoms with Gasteiger partial charge in [-0.3, -0.25) is 19.3 Å². The van der Waals surface area contributed by atoms with Gasteiger partial charge in [0.05, 0.1) is 11.3 Å². The standard InChI is InChI=1S/C21H26N4O4/c1-3-13-22-18(27)15-9-5-6-10-16(15)23-17(26)14-25-19(28)21(24(2)20(25)29)11-7-4-8-12-21/h3,5-6,9-10H,1,4,7-8,11-14H2,2H3,(H,22,27)(H,23,26). The van der Waals surface area contributed by atoms with Crippen molar-refractivity contribution < 1.29 is 19.2 Å². The number of imide groups is 1. The fraction of sp³-hybridized carbons (Fsp3) is 0.429. The van der Waals surface area contributed by atoms with Gasteiger partial charge in [0, 0.05) is 13.6 Å². The van der Waals surface area contributed by atoms with E-state index in [9.17, 15) is 19.2 Å². The smallest absolute Gasteiger partial charge is 0.327 e. The first kappa shape index (κ1) is 20.6. The molecule has 1 saturated heterocycles. The molecule has 1 aliphatic carbocycles. The number of para-hydroxylation sites is 1. The molecule has 0 unspecified atom stereocenters. The van der Waals surface area contributed by atoms with Crippen LogP contribution >= 0.6 is 0 Å². The Morgan fingerprint density at radius 3 is 2.55 bits per heavy atom. The first-order chi connectivity index (χ1) is 13.9. The number of amides is 5. The van der Waals surface area contributed by atoms with Crippen molar-refractivity contribution in [2.24, 2.45) is 0 Å². The van der Waals surface area contributed by atoms with Crippen LogP contribution in [0.4, 0.5) is 10.5 Å². The van der Waals surface area contributed by atoms with E-state index >= 15 is 0 Å². The molecule has 2 aliphatic rings. The van der Waals surface area contributed by atoms with Crippen molar-refractivity contribution in [3.8, 4) is 0 Å². The van der Waals surface area contributed by atoms with Gasteiger partial charge in [0.1, 0.15) is 12.1 Å². The normalized spacial score (nSPS) is 18.1. The maximum absolute atomic E-state index is 13.0. The minimum absolute atomic E-state index is 0.294. The third kappa shape index (κ3) is 3.87. The van der Waals surface area contributed by atoms with Gasteiger partial charge >= 0.3 is 6.03 Å². The molecular weight excluding hydrogens is 372 g/mol. The molecule has 0 radical (unpaired) electrons. The first-order valence-corrected chi connectivity index (χ1v) is 9.78. The van der Waals surface area contributed by atoms with Crippen molar-refractivity contribution in [3.05, 3.63) is 42.5 Å². The lowest BCUT2D eigenvalue weighted by Crippen LogP contribution is -2.49. The molecule has 2 N–H and O–H groups in total. The van der Waals surface area contributed by atoms with Crippen molar-refractivity contribution in [1.82, 2.24) is 15.1 Å². The predicted octanol–water partition coefficient (Wildman–Crippen LogP) is 2.14. The fourth-order valence-corrected chi connectivity index (χ4v) is 4.05. The SMILES string of the molecule is C=CCNC(=O)c1ccccc1NC(=O)CN1C(=O)N(C)C2(CCCCC2)C1=O. The van der Waals surface area contributed by atoms with Gasteiger partial charge in [-0.05, 0) is 25.0 Å². The second-order valence-corrected chi connectivity index (χ2v) is 7.42. The van der Waals surface area contributed by atoms with Crippen LogP contribution in [0.5, 0.6) is 0 Å². The maximum Gasteiger partial charge on any atom is 0.327 e. The summed E-state index contributed by atoms with van der Waals surface area (Å²) in [6.45, 7) is 3.47. The number of hydrogen-bond acceptors (Lipinski definition) is 4. The van der Waals surface area contributed by atoms with E-state index in [0.29, 0.717) is 30.6 Å². The Balaban J connectivity index is 1.72. The quantitative estimate of drug-likeness (QED) is 0.566. The van der Waals surface area contributed by atoms with E-state index in [-0.39, 0.29) is 18.4 Å². The molecular formula is C21H26N4O4. The van der Waals surface area contributed by atoms with E-state index in [0.717, 1.165) is 24.2 Å². The second-order valence-electron chi connectivity index (χ2n) is 7.42. The van der Waals surface area contributed by atoms with Crippen LogP contribution in [0, 0.1) is 0 Å². The van der Waals surface area contributed by atoms with E-state index < -0.39 is 17.5 Å². The molecule has 1 spiro atoms. The molecule has 1 aromatic carbocycles. The number of anilines is 1. The molecule has 0 atom stereocenters. The Morgan fingerprint density at radius 2 is 1.86 bits per heavy atom. The zero-order chi connectivity index (χ0) is 21.0. The molecule has 1 heterocycles. The average molecular weight is 398 g/mol. The van der Waals surface area contributed by atoms with Crippen LogP contribution in [-0.4, -0.2) is 59.2 Å². The number of nitrogens with zero attached hydrogens (tertiary/aromatic N) is 2. The highest BCUT2D eigenvalue weighted by Gasteiger charge is 2.55. The summed E-state index contributed by atoms with van der Waals surface area (Å²) in [5, 5.41) is 5.31. The summed E-state index contributed by atoms with van der Waals surface area (Å²) < 4.78 is 0. The molecule has 1 aromatic rings. The van der Waals surface area contributed by atoms with Gasteiger partial charge in [-0.25, -0.2) is 4.79 Å². The predicted molar refractivity (Wildman–Crippen MR) is 108 cm³/mol. The fourth-order valence-electron chi connectivity index (χ4n) is 4.05. The molecule has 5 amide bonds. The zero-order valence-electron chi connectivity index (χ0n) is 16.6. The molecule has 1 saturated carbocycles. The van der Waals surface area contributed by atoms with Gasteiger partial charge in [-0.15, -0.1) is 6.58 Å². The van der Waals surface area contributed by atoms with Gasteiger partial charge in [-0.2, -0.15) is 0 Å². The Hall–Kier alpha value is -3.16. The van der Waals surface area contributed by atoms with Crippen LogP contribution in [0.3, 0.4) is 0 Å². The molecule has 8 nitrogen and oxygen atoms in total. The number of carbonyl (C=O) groups excluding carboxylic acids is 4. The third-order valence-electron chi connectivity index (χ3n) is 5.64. The lowest BCUT2D eigenvalue weighted by Gasteiger charge is -2.35. The number of nitrogens with one attached hydrogen (secondary N) is 2. The summed E-state index contributed by atoms with van der Waals surface area (Å²) in [6.07, 6.45) is 5.62.